The van der Waals surface area contributed by atoms with E-state index in [1.165, 1.54) is 10.7 Å². The van der Waals surface area contributed by atoms with Gasteiger partial charge in [0.2, 0.25) is 5.95 Å². The maximum atomic E-state index is 12.6. The molecule has 0 radical (unpaired) electrons. The molecule has 3 N–H and O–H groups in total. The Morgan fingerprint density at radius 3 is 2.66 bits per heavy atom. The van der Waals surface area contributed by atoms with Crippen LogP contribution in [0.15, 0.2) is 18.2 Å². The largest absolute Gasteiger partial charge is 0.377 e. The summed E-state index contributed by atoms with van der Waals surface area (Å²) in [4.78, 5) is 28.0. The first kappa shape index (κ1) is 21.0. The summed E-state index contributed by atoms with van der Waals surface area (Å²) in [6, 6.07) is 4.74. The second-order valence-corrected chi connectivity index (χ2v) is 7.30. The Labute approximate surface area is 174 Å². The number of rotatable bonds is 6. The summed E-state index contributed by atoms with van der Waals surface area (Å²) in [6.07, 6.45) is 3.92. The zero-order chi connectivity index (χ0) is 19.7. The van der Waals surface area contributed by atoms with Crippen molar-refractivity contribution in [3.05, 3.63) is 39.7 Å². The van der Waals surface area contributed by atoms with E-state index in [2.05, 4.69) is 26.0 Å². The van der Waals surface area contributed by atoms with E-state index in [1.54, 1.807) is 19.2 Å². The molecule has 1 aromatic carbocycles. The first-order valence-corrected chi connectivity index (χ1v) is 9.49. The van der Waals surface area contributed by atoms with Crippen LogP contribution in [0, 0.1) is 10.1 Å². The molecule has 0 atom stereocenters. The van der Waals surface area contributed by atoms with Gasteiger partial charge in [-0.05, 0) is 50.9 Å². The van der Waals surface area contributed by atoms with Crippen LogP contribution in [-0.2, 0) is 7.05 Å². The summed E-state index contributed by atoms with van der Waals surface area (Å²) in [5.41, 5.74) is 0.545. The number of nitro benzene ring substituents is 1. The number of aromatic nitrogens is 3. The van der Waals surface area contributed by atoms with Crippen molar-refractivity contribution >= 4 is 35.6 Å². The molecule has 29 heavy (non-hydrogen) atoms. The zero-order valence-electron chi connectivity index (χ0n) is 16.1. The smallest absolute Gasteiger partial charge is 0.293 e. The lowest BCUT2D eigenvalue weighted by Gasteiger charge is -2.19. The first-order chi connectivity index (χ1) is 13.5. The lowest BCUT2D eigenvalue weighted by molar-refractivity contribution is -0.384. The van der Waals surface area contributed by atoms with Gasteiger partial charge in [-0.15, -0.1) is 12.4 Å². The monoisotopic (exact) mass is 421 g/mol. The van der Waals surface area contributed by atoms with Gasteiger partial charge < -0.3 is 10.6 Å². The van der Waals surface area contributed by atoms with Gasteiger partial charge in [-0.2, -0.15) is 10.1 Å². The summed E-state index contributed by atoms with van der Waals surface area (Å²) >= 11 is 0. The number of hydrogen-bond acceptors (Lipinski definition) is 7. The van der Waals surface area contributed by atoms with Gasteiger partial charge in [-0.25, -0.2) is 4.68 Å². The molecule has 4 rings (SSSR count). The van der Waals surface area contributed by atoms with Crippen molar-refractivity contribution in [2.24, 2.45) is 7.05 Å². The molecule has 156 valence electrons. The van der Waals surface area contributed by atoms with E-state index in [0.29, 0.717) is 17.5 Å². The van der Waals surface area contributed by atoms with Crippen molar-refractivity contribution in [1.82, 2.24) is 20.1 Å². The third kappa shape index (κ3) is 4.83. The van der Waals surface area contributed by atoms with Gasteiger partial charge in [0.15, 0.2) is 5.82 Å². The number of halogens is 1. The topological polar surface area (TPSA) is 127 Å². The van der Waals surface area contributed by atoms with Crippen molar-refractivity contribution in [2.45, 2.75) is 37.6 Å². The van der Waals surface area contributed by atoms with E-state index in [1.807, 2.05) is 0 Å². The van der Waals surface area contributed by atoms with Gasteiger partial charge in [-0.3, -0.25) is 20.2 Å². The molecule has 1 saturated heterocycles. The van der Waals surface area contributed by atoms with Crippen LogP contribution < -0.4 is 16.0 Å². The Hall–Kier alpha value is -2.72. The number of hydrogen-bond donors (Lipinski definition) is 3. The van der Waals surface area contributed by atoms with E-state index in [9.17, 15) is 14.9 Å². The van der Waals surface area contributed by atoms with E-state index < -0.39 is 10.8 Å². The average molecular weight is 422 g/mol. The van der Waals surface area contributed by atoms with E-state index >= 15 is 0 Å². The van der Waals surface area contributed by atoms with Gasteiger partial charge >= 0.3 is 0 Å². The summed E-state index contributed by atoms with van der Waals surface area (Å²) in [5, 5.41) is 25.0. The van der Waals surface area contributed by atoms with Crippen LogP contribution in [0.25, 0.3) is 0 Å². The third-order valence-corrected chi connectivity index (χ3v) is 5.10. The van der Waals surface area contributed by atoms with Crippen molar-refractivity contribution < 1.29 is 9.72 Å². The molecule has 1 saturated carbocycles. The lowest BCUT2D eigenvalue weighted by atomic mass is 9.98. The maximum Gasteiger partial charge on any atom is 0.293 e. The van der Waals surface area contributed by atoms with Gasteiger partial charge in [0.1, 0.15) is 5.69 Å². The first-order valence-electron chi connectivity index (χ1n) is 9.49. The Morgan fingerprint density at radius 2 is 2.00 bits per heavy atom. The van der Waals surface area contributed by atoms with Gasteiger partial charge in [0.05, 0.1) is 4.92 Å². The molecule has 1 amide bonds. The normalized spacial score (nSPS) is 16.7. The van der Waals surface area contributed by atoms with Gasteiger partial charge in [-0.1, -0.05) is 0 Å². The fraction of sp³-hybridized carbons (Fsp3) is 0.500. The van der Waals surface area contributed by atoms with E-state index in [4.69, 9.17) is 0 Å². The quantitative estimate of drug-likeness (QED) is 0.482. The number of aryl methyl sites for hydroxylation is 1. The van der Waals surface area contributed by atoms with Crippen molar-refractivity contribution in [3.8, 4) is 0 Å². The molecule has 1 aliphatic carbocycles. The van der Waals surface area contributed by atoms with Gasteiger partial charge in [0.25, 0.3) is 11.6 Å². The predicted molar refractivity (Wildman–Crippen MR) is 111 cm³/mol. The number of nitro groups is 1. The fourth-order valence-corrected chi connectivity index (χ4v) is 3.33. The van der Waals surface area contributed by atoms with Crippen LogP contribution in [0.3, 0.4) is 0 Å². The Kier molecular flexibility index (Phi) is 6.33. The number of nitrogens with zero attached hydrogens (tertiary/aromatic N) is 4. The Bertz CT molecular complexity index is 907. The number of anilines is 2. The van der Waals surface area contributed by atoms with Crippen LogP contribution in [0.5, 0.6) is 0 Å². The predicted octanol–water partition coefficient (Wildman–Crippen LogP) is 2.44. The Balaban J connectivity index is 0.00000240. The lowest BCUT2D eigenvalue weighted by Crippen LogP contribution is -2.27. The zero-order valence-corrected chi connectivity index (χ0v) is 16.9. The molecule has 1 aromatic heterocycles. The molecular weight excluding hydrogens is 398 g/mol. The third-order valence-electron chi connectivity index (χ3n) is 5.10. The Morgan fingerprint density at radius 1 is 1.28 bits per heavy atom. The van der Waals surface area contributed by atoms with Crippen molar-refractivity contribution in [2.75, 3.05) is 23.7 Å². The second-order valence-electron chi connectivity index (χ2n) is 7.30. The molecule has 2 fully saturated rings. The highest BCUT2D eigenvalue weighted by atomic mass is 35.5. The van der Waals surface area contributed by atoms with Crippen molar-refractivity contribution in [3.63, 3.8) is 0 Å². The molecule has 0 bridgehead atoms. The van der Waals surface area contributed by atoms with Crippen LogP contribution in [0.4, 0.5) is 17.3 Å². The molecular formula is C18H24ClN7O3. The minimum atomic E-state index is -0.473. The molecule has 10 nitrogen and oxygen atoms in total. The average Bonchev–Trinajstić information content (AvgIpc) is 3.44. The number of piperidine rings is 1. The molecule has 0 unspecified atom stereocenters. The summed E-state index contributed by atoms with van der Waals surface area (Å²) in [5.74, 6) is 0.871. The highest BCUT2D eigenvalue weighted by Gasteiger charge is 2.26. The fourth-order valence-electron chi connectivity index (χ4n) is 3.33. The summed E-state index contributed by atoms with van der Waals surface area (Å²) in [6.45, 7) is 1.85. The minimum Gasteiger partial charge on any atom is -0.377 e. The van der Waals surface area contributed by atoms with Crippen LogP contribution in [0.2, 0.25) is 0 Å². The molecule has 2 aliphatic rings. The molecule has 1 aliphatic heterocycles. The van der Waals surface area contributed by atoms with Crippen LogP contribution >= 0.6 is 12.4 Å². The number of amides is 1. The van der Waals surface area contributed by atoms with Crippen LogP contribution in [0.1, 0.15) is 47.8 Å². The van der Waals surface area contributed by atoms with E-state index in [-0.39, 0.29) is 35.6 Å². The highest BCUT2D eigenvalue weighted by Crippen LogP contribution is 2.31. The second kappa shape index (κ2) is 8.75. The van der Waals surface area contributed by atoms with Gasteiger partial charge in [0, 0.05) is 30.6 Å². The highest BCUT2D eigenvalue weighted by molar-refractivity contribution is 6.04. The standard InChI is InChI=1S/C18H23N7O3.ClH/c1-24-18(21-16(23-24)11-6-8-19-9-7-11)22-17(26)12-2-5-14(20-13-3-4-13)15(10-12)25(27)28;/h2,5,10-11,13,19-20H,3-4,6-9H2,1H3,(H,21,22,23,26);1H. The minimum absolute atomic E-state index is 0. The van der Waals surface area contributed by atoms with Crippen LogP contribution in [-0.4, -0.2) is 44.7 Å². The molecule has 0 spiro atoms. The maximum absolute atomic E-state index is 12.6. The number of benzene rings is 1. The molecule has 2 heterocycles. The SMILES string of the molecule is Cl.Cn1nc(C2CCNCC2)nc1NC(=O)c1ccc(NC2CC2)c([N+](=O)[O-])c1. The van der Waals surface area contributed by atoms with Crippen molar-refractivity contribution in [1.29, 1.82) is 0 Å². The summed E-state index contributed by atoms with van der Waals surface area (Å²) in [7, 11) is 1.72. The van der Waals surface area contributed by atoms with E-state index in [0.717, 1.165) is 38.8 Å². The molecule has 11 heteroatoms. The number of nitrogens with one attached hydrogen (secondary N) is 3. The summed E-state index contributed by atoms with van der Waals surface area (Å²) < 4.78 is 1.53. The number of carbonyl (C=O) groups is 1. The molecule has 2 aromatic rings. The number of carbonyl (C=O) groups excluding carboxylic acids is 1.